The molecule has 0 unspecified atom stereocenters. The quantitative estimate of drug-likeness (QED) is 0.758. The third-order valence-corrected chi connectivity index (χ3v) is 4.09. The first-order valence-corrected chi connectivity index (χ1v) is 7.52. The highest BCUT2D eigenvalue weighted by Crippen LogP contribution is 2.33. The second kappa shape index (κ2) is 5.67. The van der Waals surface area contributed by atoms with Gasteiger partial charge in [0.05, 0.1) is 16.4 Å². The highest BCUT2D eigenvalue weighted by atomic mass is 127. The lowest BCUT2D eigenvalue weighted by atomic mass is 9.92. The number of hydrogen-bond acceptors (Lipinski definition) is 5. The van der Waals surface area contributed by atoms with Crippen molar-refractivity contribution in [2.45, 2.75) is 26.2 Å². The summed E-state index contributed by atoms with van der Waals surface area (Å²) in [5.41, 5.74) is 7.45. The van der Waals surface area contributed by atoms with Crippen LogP contribution in [0.2, 0.25) is 0 Å². The Balaban J connectivity index is 2.60. The van der Waals surface area contributed by atoms with Gasteiger partial charge in [-0.05, 0) is 40.8 Å². The summed E-state index contributed by atoms with van der Waals surface area (Å²) in [6, 6.07) is 5.05. The van der Waals surface area contributed by atoms with Crippen molar-refractivity contribution in [1.82, 2.24) is 9.97 Å². The number of nitrogens with two attached hydrogens (primary N) is 1. The van der Waals surface area contributed by atoms with Gasteiger partial charge >= 0.3 is 0 Å². The minimum Gasteiger partial charge on any atom is -0.504 e. The maximum atomic E-state index is 9.89. The van der Waals surface area contributed by atoms with Gasteiger partial charge in [-0.2, -0.15) is 0 Å². The molecule has 112 valence electrons. The number of aromatic hydroxyl groups is 1. The van der Waals surface area contributed by atoms with Gasteiger partial charge in [0.25, 0.3) is 0 Å². The molecule has 21 heavy (non-hydrogen) atoms. The van der Waals surface area contributed by atoms with E-state index in [0.29, 0.717) is 23.0 Å². The lowest BCUT2D eigenvalue weighted by Crippen LogP contribution is -2.18. The van der Waals surface area contributed by atoms with Crippen LogP contribution in [0.15, 0.2) is 18.2 Å². The van der Waals surface area contributed by atoms with Crippen molar-refractivity contribution < 1.29 is 9.84 Å². The van der Waals surface area contributed by atoms with Gasteiger partial charge in [0.15, 0.2) is 17.3 Å². The van der Waals surface area contributed by atoms with Crippen molar-refractivity contribution in [2.75, 3.05) is 12.8 Å². The van der Waals surface area contributed by atoms with Crippen molar-refractivity contribution in [3.8, 4) is 22.9 Å². The topological polar surface area (TPSA) is 81.3 Å². The van der Waals surface area contributed by atoms with Gasteiger partial charge in [-0.15, -0.1) is 0 Å². The molecule has 0 saturated heterocycles. The Hall–Kier alpha value is -1.57. The Bertz CT molecular complexity index is 681. The van der Waals surface area contributed by atoms with E-state index in [1.807, 2.05) is 0 Å². The number of phenols is 1. The van der Waals surface area contributed by atoms with E-state index in [1.54, 1.807) is 18.2 Å². The van der Waals surface area contributed by atoms with Crippen LogP contribution in [0.5, 0.6) is 11.5 Å². The van der Waals surface area contributed by atoms with E-state index >= 15 is 0 Å². The predicted molar refractivity (Wildman–Crippen MR) is 91.5 cm³/mol. The molecule has 6 heteroatoms. The van der Waals surface area contributed by atoms with Crippen LogP contribution < -0.4 is 10.5 Å². The Morgan fingerprint density at radius 2 is 1.90 bits per heavy atom. The molecule has 0 fully saturated rings. The van der Waals surface area contributed by atoms with Crippen LogP contribution >= 0.6 is 22.6 Å². The first kappa shape index (κ1) is 15.8. The molecule has 0 aliphatic carbocycles. The molecule has 0 saturated carbocycles. The third kappa shape index (κ3) is 3.20. The SMILES string of the molecule is COc1ccc(-c2nc(N)c(I)c(C(C)(C)C)n2)cc1O. The molecule has 0 amide bonds. The maximum Gasteiger partial charge on any atom is 0.161 e. The molecule has 1 aromatic heterocycles. The van der Waals surface area contributed by atoms with Crippen LogP contribution in [0.1, 0.15) is 26.5 Å². The molecule has 3 N–H and O–H groups in total. The average molecular weight is 399 g/mol. The smallest absolute Gasteiger partial charge is 0.161 e. The molecule has 0 bridgehead atoms. The largest absolute Gasteiger partial charge is 0.504 e. The van der Waals surface area contributed by atoms with Crippen LogP contribution in [0, 0.1) is 3.57 Å². The summed E-state index contributed by atoms with van der Waals surface area (Å²) in [4.78, 5) is 8.94. The zero-order chi connectivity index (χ0) is 15.8. The molecule has 0 spiro atoms. The van der Waals surface area contributed by atoms with Crippen molar-refractivity contribution in [2.24, 2.45) is 0 Å². The van der Waals surface area contributed by atoms with Crippen molar-refractivity contribution in [3.05, 3.63) is 27.5 Å². The minimum absolute atomic E-state index is 0.0491. The first-order valence-electron chi connectivity index (χ1n) is 6.45. The van der Waals surface area contributed by atoms with Gasteiger partial charge in [0.2, 0.25) is 0 Å². The monoisotopic (exact) mass is 399 g/mol. The van der Waals surface area contributed by atoms with Crippen LogP contribution in [-0.2, 0) is 5.41 Å². The zero-order valence-electron chi connectivity index (χ0n) is 12.4. The number of halogens is 1. The van der Waals surface area contributed by atoms with E-state index in [2.05, 4.69) is 53.3 Å². The minimum atomic E-state index is -0.142. The number of phenolic OH excluding ortho intramolecular Hbond substituents is 1. The fourth-order valence-electron chi connectivity index (χ4n) is 1.92. The van der Waals surface area contributed by atoms with Crippen LogP contribution in [0.4, 0.5) is 5.82 Å². The second-order valence-corrected chi connectivity index (χ2v) is 6.81. The Morgan fingerprint density at radius 3 is 2.43 bits per heavy atom. The van der Waals surface area contributed by atoms with E-state index < -0.39 is 0 Å². The molecule has 0 aliphatic heterocycles. The number of anilines is 1. The first-order chi connectivity index (χ1) is 9.74. The summed E-state index contributed by atoms with van der Waals surface area (Å²) >= 11 is 2.16. The molecule has 2 aromatic rings. The Morgan fingerprint density at radius 1 is 1.24 bits per heavy atom. The summed E-state index contributed by atoms with van der Waals surface area (Å²) in [5, 5.41) is 9.89. The van der Waals surface area contributed by atoms with Gasteiger partial charge in [-0.1, -0.05) is 20.8 Å². The van der Waals surface area contributed by atoms with E-state index in [-0.39, 0.29) is 11.2 Å². The molecule has 2 rings (SSSR count). The third-order valence-electron chi connectivity index (χ3n) is 3.02. The molecule has 0 atom stereocenters. The number of rotatable bonds is 2. The average Bonchev–Trinajstić information content (AvgIpc) is 2.40. The van der Waals surface area contributed by atoms with Crippen LogP contribution in [0.3, 0.4) is 0 Å². The number of benzene rings is 1. The van der Waals surface area contributed by atoms with Crippen molar-refractivity contribution >= 4 is 28.4 Å². The van der Waals surface area contributed by atoms with Crippen molar-refractivity contribution in [1.29, 1.82) is 0 Å². The number of nitrogen functional groups attached to an aromatic ring is 1. The lowest BCUT2D eigenvalue weighted by Gasteiger charge is -2.21. The Kier molecular flexibility index (Phi) is 4.27. The molecule has 0 radical (unpaired) electrons. The number of ether oxygens (including phenoxy) is 1. The van der Waals surface area contributed by atoms with E-state index in [1.165, 1.54) is 7.11 Å². The highest BCUT2D eigenvalue weighted by Gasteiger charge is 2.23. The van der Waals surface area contributed by atoms with Gasteiger partial charge < -0.3 is 15.6 Å². The van der Waals surface area contributed by atoms with E-state index in [9.17, 15) is 5.11 Å². The van der Waals surface area contributed by atoms with Gasteiger partial charge in [-0.25, -0.2) is 9.97 Å². The Labute approximate surface area is 137 Å². The maximum absolute atomic E-state index is 9.89. The normalized spacial score (nSPS) is 11.5. The summed E-state index contributed by atoms with van der Waals surface area (Å²) in [5.74, 6) is 1.40. The standard InChI is InChI=1S/C15H18IN3O2/c1-15(2,3)12-11(16)13(17)19-14(18-12)8-5-6-10(21-4)9(20)7-8/h5-7,20H,1-4H3,(H2,17,18,19). The summed E-state index contributed by atoms with van der Waals surface area (Å²) in [7, 11) is 1.51. The van der Waals surface area contributed by atoms with Gasteiger partial charge in [0, 0.05) is 11.0 Å². The molecular weight excluding hydrogens is 381 g/mol. The molecule has 0 aliphatic rings. The number of methoxy groups -OCH3 is 1. The number of nitrogens with zero attached hydrogens (tertiary/aromatic N) is 2. The van der Waals surface area contributed by atoms with Crippen LogP contribution in [0.25, 0.3) is 11.4 Å². The molecular formula is C15H18IN3O2. The van der Waals surface area contributed by atoms with Crippen molar-refractivity contribution in [3.63, 3.8) is 0 Å². The zero-order valence-corrected chi connectivity index (χ0v) is 14.6. The fraction of sp³-hybridized carbons (Fsp3) is 0.333. The highest BCUT2D eigenvalue weighted by molar-refractivity contribution is 14.1. The van der Waals surface area contributed by atoms with E-state index in [4.69, 9.17) is 10.5 Å². The second-order valence-electron chi connectivity index (χ2n) is 5.73. The summed E-state index contributed by atoms with van der Waals surface area (Å²) < 4.78 is 5.90. The van der Waals surface area contributed by atoms with Gasteiger partial charge in [0.1, 0.15) is 5.82 Å². The summed E-state index contributed by atoms with van der Waals surface area (Å²) in [6.07, 6.45) is 0. The summed E-state index contributed by atoms with van der Waals surface area (Å²) in [6.45, 7) is 6.23. The fourth-order valence-corrected chi connectivity index (χ4v) is 2.97. The lowest BCUT2D eigenvalue weighted by molar-refractivity contribution is 0.373. The molecule has 5 nitrogen and oxygen atoms in total. The van der Waals surface area contributed by atoms with Crippen LogP contribution in [-0.4, -0.2) is 22.2 Å². The molecule has 1 heterocycles. The number of hydrogen-bond donors (Lipinski definition) is 2. The molecule has 1 aromatic carbocycles. The van der Waals surface area contributed by atoms with E-state index in [0.717, 1.165) is 9.26 Å². The number of aromatic nitrogens is 2. The predicted octanol–water partition coefficient (Wildman–Crippen LogP) is 3.34. The van der Waals surface area contributed by atoms with Gasteiger partial charge in [-0.3, -0.25) is 0 Å².